The Balaban J connectivity index is 2.39. The van der Waals surface area contributed by atoms with Crippen LogP contribution in [0.1, 0.15) is 0 Å². The van der Waals surface area contributed by atoms with Gasteiger partial charge in [0.2, 0.25) is 0 Å². The quantitative estimate of drug-likeness (QED) is 0.606. The van der Waals surface area contributed by atoms with Gasteiger partial charge in [-0.1, -0.05) is 30.0 Å². The number of hydrogen-bond acceptors (Lipinski definition) is 2. The van der Waals surface area contributed by atoms with Crippen LogP contribution in [0.2, 0.25) is 0 Å². The average Bonchev–Trinajstić information content (AvgIpc) is 2.31. The molecule has 0 bridgehead atoms. The van der Waals surface area contributed by atoms with Crippen molar-refractivity contribution in [3.8, 4) is 11.1 Å². The SMILES string of the molecule is O=CSc1ccc(-c2ccc(F)cc2)c(F)c1. The number of halogens is 2. The smallest absolute Gasteiger partial charge is 0.180 e. The maximum atomic E-state index is 13.7. The monoisotopic (exact) mass is 250 g/mol. The first-order chi connectivity index (χ1) is 8.20. The Labute approximate surface area is 101 Å². The van der Waals surface area contributed by atoms with Crippen LogP contribution in [-0.4, -0.2) is 5.62 Å². The lowest BCUT2D eigenvalue weighted by molar-refractivity contribution is 0.570. The summed E-state index contributed by atoms with van der Waals surface area (Å²) < 4.78 is 26.5. The molecule has 0 unspecified atom stereocenters. The van der Waals surface area contributed by atoms with Crippen LogP contribution in [0.5, 0.6) is 0 Å². The first-order valence-corrected chi connectivity index (χ1v) is 5.74. The Hall–Kier alpha value is -1.68. The van der Waals surface area contributed by atoms with Gasteiger partial charge in [0, 0.05) is 10.5 Å². The molecule has 1 nitrogen and oxygen atoms in total. The maximum Gasteiger partial charge on any atom is 0.180 e. The third kappa shape index (κ3) is 2.71. The first kappa shape index (κ1) is 11.8. The Kier molecular flexibility index (Phi) is 3.54. The number of rotatable bonds is 3. The van der Waals surface area contributed by atoms with Crippen molar-refractivity contribution in [3.05, 3.63) is 54.1 Å². The second kappa shape index (κ2) is 5.10. The van der Waals surface area contributed by atoms with Gasteiger partial charge in [0.15, 0.2) is 5.62 Å². The Bertz CT molecular complexity index is 538. The second-order valence-electron chi connectivity index (χ2n) is 3.36. The third-order valence-corrected chi connectivity index (χ3v) is 2.90. The van der Waals surface area contributed by atoms with Crippen LogP contribution in [-0.2, 0) is 4.79 Å². The molecule has 0 atom stereocenters. The molecule has 2 aromatic carbocycles. The van der Waals surface area contributed by atoms with Crippen molar-refractivity contribution < 1.29 is 13.6 Å². The molecule has 0 spiro atoms. The van der Waals surface area contributed by atoms with E-state index in [0.717, 1.165) is 11.8 Å². The van der Waals surface area contributed by atoms with Gasteiger partial charge < -0.3 is 0 Å². The van der Waals surface area contributed by atoms with Gasteiger partial charge in [0.25, 0.3) is 0 Å². The molecule has 17 heavy (non-hydrogen) atoms. The summed E-state index contributed by atoms with van der Waals surface area (Å²) in [5.41, 5.74) is 1.64. The molecule has 0 aliphatic carbocycles. The number of thioether (sulfide) groups is 1. The van der Waals surface area contributed by atoms with Crippen LogP contribution >= 0.6 is 11.8 Å². The summed E-state index contributed by atoms with van der Waals surface area (Å²) in [6.45, 7) is 0. The van der Waals surface area contributed by atoms with Gasteiger partial charge in [-0.25, -0.2) is 8.78 Å². The molecule has 86 valence electrons. The zero-order chi connectivity index (χ0) is 12.3. The van der Waals surface area contributed by atoms with E-state index in [0.29, 0.717) is 21.6 Å². The minimum Gasteiger partial charge on any atom is -0.291 e. The number of benzene rings is 2. The molecular formula is C13H8F2OS. The van der Waals surface area contributed by atoms with Crippen molar-refractivity contribution in [2.75, 3.05) is 0 Å². The normalized spacial score (nSPS) is 10.2. The number of carbonyl (C=O) groups excluding carboxylic acids is 1. The summed E-state index contributed by atoms with van der Waals surface area (Å²) in [6, 6.07) is 10.1. The van der Waals surface area contributed by atoms with E-state index >= 15 is 0 Å². The van der Waals surface area contributed by atoms with Crippen LogP contribution in [0, 0.1) is 11.6 Å². The molecule has 2 aromatic rings. The molecule has 0 fully saturated rings. The van der Waals surface area contributed by atoms with Crippen molar-refractivity contribution in [1.29, 1.82) is 0 Å². The second-order valence-corrected chi connectivity index (χ2v) is 4.26. The lowest BCUT2D eigenvalue weighted by Gasteiger charge is -2.04. The standard InChI is InChI=1S/C13H8F2OS/c14-10-3-1-9(2-4-10)12-6-5-11(17-8-16)7-13(12)15/h1-8H. The minimum absolute atomic E-state index is 0.359. The van der Waals surface area contributed by atoms with Crippen molar-refractivity contribution in [3.63, 3.8) is 0 Å². The summed E-state index contributed by atoms with van der Waals surface area (Å²) in [6.07, 6.45) is 0. The maximum absolute atomic E-state index is 13.7. The zero-order valence-electron chi connectivity index (χ0n) is 8.69. The van der Waals surface area contributed by atoms with E-state index in [-0.39, 0.29) is 5.82 Å². The highest BCUT2D eigenvalue weighted by Crippen LogP contribution is 2.26. The van der Waals surface area contributed by atoms with Crippen LogP contribution in [0.25, 0.3) is 11.1 Å². The molecule has 0 aliphatic rings. The van der Waals surface area contributed by atoms with E-state index < -0.39 is 5.82 Å². The van der Waals surface area contributed by atoms with E-state index in [2.05, 4.69) is 0 Å². The predicted octanol–water partition coefficient (Wildman–Crippen LogP) is 3.91. The zero-order valence-corrected chi connectivity index (χ0v) is 9.51. The lowest BCUT2D eigenvalue weighted by atomic mass is 10.1. The van der Waals surface area contributed by atoms with Crippen LogP contribution < -0.4 is 0 Å². The fourth-order valence-corrected chi connectivity index (χ4v) is 1.92. The molecule has 4 heteroatoms. The highest BCUT2D eigenvalue weighted by molar-refractivity contribution is 8.11. The summed E-state index contributed by atoms with van der Waals surface area (Å²) in [7, 11) is 0. The molecule has 0 saturated heterocycles. The van der Waals surface area contributed by atoms with Crippen molar-refractivity contribution in [1.82, 2.24) is 0 Å². The molecular weight excluding hydrogens is 242 g/mol. The first-order valence-electron chi connectivity index (χ1n) is 4.86. The highest BCUT2D eigenvalue weighted by Gasteiger charge is 2.06. The topological polar surface area (TPSA) is 17.1 Å². The van der Waals surface area contributed by atoms with Gasteiger partial charge in [-0.05, 0) is 29.8 Å². The van der Waals surface area contributed by atoms with Gasteiger partial charge in [-0.15, -0.1) is 0 Å². The molecule has 0 heterocycles. The van der Waals surface area contributed by atoms with Crippen molar-refractivity contribution >= 4 is 17.4 Å². The predicted molar refractivity (Wildman–Crippen MR) is 64.4 cm³/mol. The lowest BCUT2D eigenvalue weighted by Crippen LogP contribution is -1.85. The van der Waals surface area contributed by atoms with Gasteiger partial charge >= 0.3 is 0 Å². The summed E-state index contributed by atoms with van der Waals surface area (Å²) >= 11 is 0.915. The molecule has 0 amide bonds. The van der Waals surface area contributed by atoms with E-state index in [1.165, 1.54) is 30.3 Å². The summed E-state index contributed by atoms with van der Waals surface area (Å²) in [5.74, 6) is -0.786. The van der Waals surface area contributed by atoms with E-state index in [1.54, 1.807) is 12.1 Å². The minimum atomic E-state index is -0.427. The molecule has 0 aliphatic heterocycles. The highest BCUT2D eigenvalue weighted by atomic mass is 32.2. The Morgan fingerprint density at radius 1 is 1.00 bits per heavy atom. The van der Waals surface area contributed by atoms with Crippen LogP contribution in [0.4, 0.5) is 8.78 Å². The molecule has 0 radical (unpaired) electrons. The van der Waals surface area contributed by atoms with E-state index in [1.807, 2.05) is 0 Å². The largest absolute Gasteiger partial charge is 0.291 e. The third-order valence-electron chi connectivity index (χ3n) is 2.28. The number of hydrogen-bond donors (Lipinski definition) is 0. The summed E-state index contributed by atoms with van der Waals surface area (Å²) in [4.78, 5) is 10.8. The van der Waals surface area contributed by atoms with Crippen molar-refractivity contribution in [2.24, 2.45) is 0 Å². The van der Waals surface area contributed by atoms with Gasteiger partial charge in [0.1, 0.15) is 11.6 Å². The van der Waals surface area contributed by atoms with E-state index in [4.69, 9.17) is 0 Å². The molecule has 2 rings (SSSR count). The van der Waals surface area contributed by atoms with Crippen LogP contribution in [0.15, 0.2) is 47.4 Å². The van der Waals surface area contributed by atoms with E-state index in [9.17, 15) is 13.6 Å². The Morgan fingerprint density at radius 3 is 2.29 bits per heavy atom. The summed E-state index contributed by atoms with van der Waals surface area (Å²) in [5, 5.41) is 0. The fraction of sp³-hybridized carbons (Fsp3) is 0. The molecule has 0 saturated carbocycles. The van der Waals surface area contributed by atoms with Crippen molar-refractivity contribution in [2.45, 2.75) is 4.90 Å². The molecule has 0 aromatic heterocycles. The van der Waals surface area contributed by atoms with Gasteiger partial charge in [-0.3, -0.25) is 4.79 Å². The van der Waals surface area contributed by atoms with Gasteiger partial charge in [-0.2, -0.15) is 0 Å². The average molecular weight is 250 g/mol. The Morgan fingerprint density at radius 2 is 1.71 bits per heavy atom. The fourth-order valence-electron chi connectivity index (χ4n) is 1.49. The molecule has 0 N–H and O–H groups in total. The van der Waals surface area contributed by atoms with Gasteiger partial charge in [0.05, 0.1) is 0 Å². The van der Waals surface area contributed by atoms with Crippen LogP contribution in [0.3, 0.4) is 0 Å². The number of carbonyl (C=O) groups is 1.